The molecule has 34 heteroatoms. The Bertz CT molecular complexity index is 6120. The number of ketones is 3. The summed E-state index contributed by atoms with van der Waals surface area (Å²) in [6.07, 6.45) is 14.2. The highest BCUT2D eigenvalue weighted by Gasteiger charge is 2.37. The molecule has 0 N–H and O–H groups in total. The van der Waals surface area contributed by atoms with Crippen molar-refractivity contribution in [2.45, 2.75) is 163 Å². The number of rotatable bonds is 12. The third kappa shape index (κ3) is 21.5. The van der Waals surface area contributed by atoms with Crippen molar-refractivity contribution in [3.05, 3.63) is 196 Å². The van der Waals surface area contributed by atoms with Crippen LogP contribution in [0.5, 0.6) is 5.88 Å². The van der Waals surface area contributed by atoms with Crippen LogP contribution < -0.4 is 21.4 Å². The zero-order chi connectivity index (χ0) is 88.2. The lowest BCUT2D eigenvalue weighted by atomic mass is 10.00. The number of hydrogen-bond acceptors (Lipinski definition) is 29. The van der Waals surface area contributed by atoms with Crippen molar-refractivity contribution in [3.63, 3.8) is 0 Å². The van der Waals surface area contributed by atoms with Gasteiger partial charge in [0.1, 0.15) is 34.4 Å². The number of nitrogens with zero attached hydrogens (tertiary/aromatic N) is 18. The predicted octanol–water partition coefficient (Wildman–Crippen LogP) is 15.0. The number of pyridine rings is 7. The molecule has 18 heterocycles. The zero-order valence-corrected chi connectivity index (χ0v) is 78.7. The molecule has 0 spiro atoms. The summed E-state index contributed by atoms with van der Waals surface area (Å²) in [4.78, 5) is 145. The number of carbonyl (C=O) groups excluding carboxylic acids is 5. The molecule has 2 amide bonds. The van der Waals surface area contributed by atoms with Crippen molar-refractivity contribution < 1.29 is 28.7 Å². The molecule has 658 valence electrons. The Morgan fingerprint density at radius 1 is 0.432 bits per heavy atom. The van der Waals surface area contributed by atoms with Gasteiger partial charge in [-0.25, -0.2) is 51.6 Å². The first-order valence-corrected chi connectivity index (χ1v) is 49.0. The summed E-state index contributed by atoms with van der Waals surface area (Å²) in [5.74, 6) is 5.48. The first kappa shape index (κ1) is 90.6. The van der Waals surface area contributed by atoms with E-state index in [1.807, 2.05) is 118 Å². The minimum atomic E-state index is -0.303. The van der Waals surface area contributed by atoms with Gasteiger partial charge in [0, 0.05) is 150 Å². The van der Waals surface area contributed by atoms with Crippen LogP contribution in [0.1, 0.15) is 146 Å². The second-order valence-electron chi connectivity index (χ2n) is 33.7. The molecular weight excluding hydrogens is 1710 g/mol. The third-order valence-corrected chi connectivity index (χ3v) is 31.2. The van der Waals surface area contributed by atoms with Gasteiger partial charge in [-0.15, -0.1) is 0 Å². The predicted molar refractivity (Wildman–Crippen MR) is 501 cm³/mol. The Balaban J connectivity index is 0.000000115. The van der Waals surface area contributed by atoms with Gasteiger partial charge in [0.2, 0.25) is 11.8 Å². The molecule has 11 aromatic rings. The molecule has 0 radical (unpaired) electrons. The lowest BCUT2D eigenvalue weighted by Crippen LogP contribution is -2.49. The first-order valence-electron chi connectivity index (χ1n) is 42.9. The number of hydrogen-bond donors (Lipinski definition) is 0. The topological polar surface area (TPSA) is 286 Å². The molecule has 0 unspecified atom stereocenters. The quantitative estimate of drug-likeness (QED) is 0.110. The standard InChI is InChI=1S/C19H26N4OS.C18H24N4OS.C15H18N4O2S.C13H15N3O2S.C10H11NOS.C9H9NOS.C7H5NOS/c1-12-13(2)17-18(20-14(12)3)25-23(19(17)24)11-21-7-9-22(10-8-21)15(4)16-5-6-16;1-12-10-13(2)19-17-16(12)18(23)22(24-17)11-20-6-8-21(9-7-20)14(3)15-4-5-15;20-14(11-3-4-11)18-8-6-17(7-9-18)10-19-15(21)12-2-1-5-16-13(12)22-19;1-9-4-7-16(8-5-9)13(17)18-11-10-3-2-6-14-12(10)19-15-11;1-5-6(2)9-8(12)4-13-10(9)11-7(5)3;1-5-3-6(2)10-9-8(5)7(11)4-12-9;9-6-4-10-7-5(6)2-1-3-8-7/h16H,4-11H2,1-3H3;10,15H,3-9,11H2,1-2H3;1-2,5,11H,3-4,6-10H2;2-3,6,9H,4-5,7-8H2,1H3;4H2,1-3H3;3H,4H2,1-2H3;1-3H,4H2. The minimum Gasteiger partial charge on any atom is -0.389 e. The fourth-order valence-corrected chi connectivity index (χ4v) is 23.0. The van der Waals surface area contributed by atoms with Gasteiger partial charge >= 0.3 is 6.09 Å². The van der Waals surface area contributed by atoms with E-state index in [9.17, 15) is 38.4 Å². The SMILES string of the molecule is C=C(C1CC1)N1CCN(Cn2sc3nc(C)c(C)c(C)c3c2=O)CC1.C=C(C1CC1)N1CCN(Cn2sc3nc(C)cc(C)c3c2=O)CC1.CC1CCN(C(=O)Oc2nsc3ncccc23)CC1.Cc1cc(C)c2c(n1)SCC2=O.Cc1nc2c(c(C)c1C)C(=O)CS2.O=C(C1CC1)N1CCN(Cn2sc3ncccc3c2=O)CC1.O=C1CSc2ncccc21. The van der Waals surface area contributed by atoms with Crippen LogP contribution in [0.25, 0.3) is 40.9 Å². The van der Waals surface area contributed by atoms with Crippen molar-refractivity contribution in [2.75, 3.05) is 109 Å². The molecule has 0 aromatic carbocycles. The monoisotopic (exact) mass is 1820 g/mol. The maximum absolute atomic E-state index is 12.8. The molecule has 4 saturated heterocycles. The highest BCUT2D eigenvalue weighted by molar-refractivity contribution is 8.01. The number of allylic oxidation sites excluding steroid dienone is 2. The van der Waals surface area contributed by atoms with Crippen LogP contribution >= 0.6 is 81.4 Å². The van der Waals surface area contributed by atoms with Gasteiger partial charge in [-0.3, -0.25) is 48.3 Å². The normalized spacial score (nSPS) is 17.7. The molecule has 7 fully saturated rings. The van der Waals surface area contributed by atoms with Gasteiger partial charge in [0.15, 0.2) is 17.3 Å². The maximum atomic E-state index is 12.8. The van der Waals surface area contributed by atoms with Crippen LogP contribution in [0.2, 0.25) is 0 Å². The van der Waals surface area contributed by atoms with E-state index in [-0.39, 0.29) is 40.1 Å². The number of aromatic nitrogens is 11. The number of carbonyl (C=O) groups is 5. The molecule has 125 heavy (non-hydrogen) atoms. The molecule has 3 saturated carbocycles. The number of piperazine rings is 3. The lowest BCUT2D eigenvalue weighted by Gasteiger charge is -2.37. The van der Waals surface area contributed by atoms with E-state index >= 15 is 0 Å². The molecule has 3 aliphatic carbocycles. The van der Waals surface area contributed by atoms with Gasteiger partial charge < -0.3 is 24.3 Å². The Kier molecular flexibility index (Phi) is 29.0. The summed E-state index contributed by atoms with van der Waals surface area (Å²) < 4.78 is 15.0. The number of likely N-dealkylation sites (tertiary alicyclic amines) is 1. The number of Topliss-reactive ketones (excluding diaryl/α,β-unsaturated/α-hetero) is 3. The van der Waals surface area contributed by atoms with E-state index in [2.05, 4.69) is 83.8 Å². The highest BCUT2D eigenvalue weighted by atomic mass is 32.2. The number of aryl methyl sites for hydroxylation is 7. The molecule has 0 bridgehead atoms. The van der Waals surface area contributed by atoms with Gasteiger partial charge in [-0.05, 0) is 266 Å². The fourth-order valence-electron chi connectivity index (χ4n) is 16.1. The Labute approximate surface area is 756 Å². The van der Waals surface area contributed by atoms with Crippen LogP contribution in [0.15, 0.2) is 121 Å². The average molecular weight is 1820 g/mol. The summed E-state index contributed by atoms with van der Waals surface area (Å²) >= 11 is 10.3. The molecule has 10 aliphatic rings. The van der Waals surface area contributed by atoms with Crippen LogP contribution in [-0.4, -0.2) is 224 Å². The van der Waals surface area contributed by atoms with Gasteiger partial charge in [-0.2, -0.15) is 4.37 Å². The Morgan fingerprint density at radius 2 is 0.896 bits per heavy atom. The van der Waals surface area contributed by atoms with Crippen LogP contribution in [-0.2, 0) is 24.8 Å². The number of ether oxygens (including phenoxy) is 1. The van der Waals surface area contributed by atoms with Crippen molar-refractivity contribution >= 4 is 152 Å². The molecular formula is C91H108N18O9S7. The second kappa shape index (κ2) is 40.0. The van der Waals surface area contributed by atoms with Gasteiger partial charge in [0.25, 0.3) is 16.7 Å². The molecule has 21 rings (SSSR count). The lowest BCUT2D eigenvalue weighted by molar-refractivity contribution is -0.134. The number of fused-ring (bicyclic) bond motifs is 7. The third-order valence-electron chi connectivity index (χ3n) is 24.6. The second-order valence-corrected chi connectivity index (χ2v) is 40.4. The number of amides is 2. The van der Waals surface area contributed by atoms with E-state index in [1.165, 1.54) is 95.0 Å². The first-order chi connectivity index (χ1) is 60.1. The van der Waals surface area contributed by atoms with Crippen molar-refractivity contribution in [1.82, 2.24) is 85.4 Å². The summed E-state index contributed by atoms with van der Waals surface area (Å²) in [6, 6.07) is 14.9. The van der Waals surface area contributed by atoms with Crippen LogP contribution in [0, 0.1) is 92.9 Å². The minimum absolute atomic E-state index is 0.0320. The van der Waals surface area contributed by atoms with Gasteiger partial charge in [0.05, 0.1) is 75.5 Å². The smallest absolute Gasteiger partial charge is 0.389 e. The summed E-state index contributed by atoms with van der Waals surface area (Å²) in [7, 11) is 0. The Hall–Kier alpha value is -9.23. The average Bonchev–Trinajstić information content (AvgIpc) is 1.62. The van der Waals surface area contributed by atoms with Crippen molar-refractivity contribution in [3.8, 4) is 5.88 Å². The van der Waals surface area contributed by atoms with Crippen LogP contribution in [0.4, 0.5) is 4.79 Å². The van der Waals surface area contributed by atoms with Gasteiger partial charge in [-0.1, -0.05) is 55.4 Å². The zero-order valence-electron chi connectivity index (χ0n) is 73.0. The van der Waals surface area contributed by atoms with Crippen molar-refractivity contribution in [2.24, 2.45) is 23.7 Å². The van der Waals surface area contributed by atoms with E-state index < -0.39 is 0 Å². The summed E-state index contributed by atoms with van der Waals surface area (Å²) in [5.41, 5.74) is 15.9. The summed E-state index contributed by atoms with van der Waals surface area (Å²) in [5, 5.41) is 5.79. The number of piperidine rings is 1. The molecule has 11 aromatic heterocycles. The Morgan fingerprint density at radius 3 is 1.47 bits per heavy atom. The van der Waals surface area contributed by atoms with E-state index in [1.54, 1.807) is 63.1 Å². The van der Waals surface area contributed by atoms with E-state index in [4.69, 9.17) is 4.74 Å². The molecule has 7 aliphatic heterocycles. The van der Waals surface area contributed by atoms with Crippen molar-refractivity contribution in [1.29, 1.82) is 0 Å². The molecule has 0 atom stereocenters. The maximum Gasteiger partial charge on any atom is 0.416 e. The largest absolute Gasteiger partial charge is 0.416 e. The highest BCUT2D eigenvalue weighted by Crippen LogP contribution is 2.40. The summed E-state index contributed by atoms with van der Waals surface area (Å²) in [6.45, 7) is 45.4. The number of thioether (sulfide) groups is 3. The van der Waals surface area contributed by atoms with E-state index in [0.717, 1.165) is 253 Å². The van der Waals surface area contributed by atoms with Crippen LogP contribution in [0.3, 0.4) is 0 Å². The fraction of sp³-hybridized carbons (Fsp3) is 0.473. The molecule has 27 nitrogen and oxygen atoms in total. The van der Waals surface area contributed by atoms with E-state index in [0.29, 0.717) is 66.3 Å².